The van der Waals surface area contributed by atoms with Gasteiger partial charge in [0.15, 0.2) is 0 Å². The van der Waals surface area contributed by atoms with Crippen LogP contribution in [0.1, 0.15) is 18.4 Å². The van der Waals surface area contributed by atoms with Crippen LogP contribution in [0, 0.1) is 11.3 Å². The van der Waals surface area contributed by atoms with Crippen molar-refractivity contribution in [3.05, 3.63) is 59.1 Å². The van der Waals surface area contributed by atoms with Crippen LogP contribution in [0.3, 0.4) is 0 Å². The number of nitriles is 1. The van der Waals surface area contributed by atoms with Gasteiger partial charge < -0.3 is 5.32 Å². The maximum atomic E-state index is 12.6. The van der Waals surface area contributed by atoms with Crippen LogP contribution in [0.2, 0.25) is 5.02 Å². The smallest absolute Gasteiger partial charge is 0.240 e. The summed E-state index contributed by atoms with van der Waals surface area (Å²) >= 11 is 5.94. The third-order valence-corrected chi connectivity index (χ3v) is 6.54. The number of para-hydroxylation sites is 1. The highest BCUT2D eigenvalue weighted by Gasteiger charge is 2.26. The molecular formula is C20H21ClN4O3S. The van der Waals surface area contributed by atoms with Crippen molar-refractivity contribution < 1.29 is 13.2 Å². The standard InChI is InChI=1S/C20H21ClN4O3S/c21-19-12-18(7-6-15(19)13-22)29(27,28)24-17-8-10-25(11-9-17)14-20(26)23-16-4-2-1-3-5-16/h1-7,12,17,24H,8-11,14H2,(H,23,26). The van der Waals surface area contributed by atoms with E-state index in [4.69, 9.17) is 16.9 Å². The van der Waals surface area contributed by atoms with Crippen molar-refractivity contribution in [1.29, 1.82) is 5.26 Å². The van der Waals surface area contributed by atoms with Crippen molar-refractivity contribution in [3.63, 3.8) is 0 Å². The average Bonchev–Trinajstić information content (AvgIpc) is 2.70. The average molecular weight is 433 g/mol. The Hall–Kier alpha value is -2.44. The number of sulfonamides is 1. The van der Waals surface area contributed by atoms with Gasteiger partial charge in [0.2, 0.25) is 15.9 Å². The highest BCUT2D eigenvalue weighted by atomic mass is 35.5. The van der Waals surface area contributed by atoms with Crippen LogP contribution in [0.25, 0.3) is 0 Å². The fourth-order valence-electron chi connectivity index (χ4n) is 3.18. The molecule has 2 aromatic rings. The Morgan fingerprint density at radius 1 is 1.17 bits per heavy atom. The summed E-state index contributed by atoms with van der Waals surface area (Å²) in [5.74, 6) is -0.0949. The lowest BCUT2D eigenvalue weighted by atomic mass is 10.1. The van der Waals surface area contributed by atoms with Crippen LogP contribution in [-0.4, -0.2) is 44.9 Å². The Balaban J connectivity index is 1.51. The minimum Gasteiger partial charge on any atom is -0.325 e. The monoisotopic (exact) mass is 432 g/mol. The summed E-state index contributed by atoms with van der Waals surface area (Å²) < 4.78 is 27.9. The maximum absolute atomic E-state index is 12.6. The van der Waals surface area contributed by atoms with Crippen molar-refractivity contribution >= 4 is 33.2 Å². The van der Waals surface area contributed by atoms with E-state index in [-0.39, 0.29) is 34.0 Å². The molecule has 2 aromatic carbocycles. The molecule has 0 saturated carbocycles. The molecule has 1 fully saturated rings. The van der Waals surface area contributed by atoms with Crippen molar-refractivity contribution in [2.45, 2.75) is 23.8 Å². The van der Waals surface area contributed by atoms with E-state index >= 15 is 0 Å². The number of hydrogen-bond donors (Lipinski definition) is 2. The lowest BCUT2D eigenvalue weighted by Crippen LogP contribution is -2.46. The topological polar surface area (TPSA) is 102 Å². The van der Waals surface area contributed by atoms with E-state index in [1.165, 1.54) is 18.2 Å². The zero-order chi connectivity index (χ0) is 20.9. The number of likely N-dealkylation sites (tertiary alicyclic amines) is 1. The van der Waals surface area contributed by atoms with Gasteiger partial charge in [-0.15, -0.1) is 0 Å². The molecular weight excluding hydrogens is 412 g/mol. The SMILES string of the molecule is N#Cc1ccc(S(=O)(=O)NC2CCN(CC(=O)Nc3ccccc3)CC2)cc1Cl. The summed E-state index contributed by atoms with van der Waals surface area (Å²) in [6.45, 7) is 1.49. The van der Waals surface area contributed by atoms with Crippen molar-refractivity contribution in [2.24, 2.45) is 0 Å². The molecule has 0 atom stereocenters. The zero-order valence-corrected chi connectivity index (χ0v) is 17.2. The van der Waals surface area contributed by atoms with Crippen LogP contribution < -0.4 is 10.0 Å². The van der Waals surface area contributed by atoms with Gasteiger partial charge >= 0.3 is 0 Å². The van der Waals surface area contributed by atoms with Crippen molar-refractivity contribution in [3.8, 4) is 6.07 Å². The molecule has 0 spiro atoms. The molecule has 3 rings (SSSR count). The van der Waals surface area contributed by atoms with Gasteiger partial charge in [0.05, 0.1) is 22.0 Å². The van der Waals surface area contributed by atoms with Crippen LogP contribution in [0.4, 0.5) is 5.69 Å². The molecule has 9 heteroatoms. The van der Waals surface area contributed by atoms with Gasteiger partial charge in [-0.3, -0.25) is 9.69 Å². The summed E-state index contributed by atoms with van der Waals surface area (Å²) in [6, 6.07) is 15.0. The number of piperidine rings is 1. The predicted molar refractivity (Wildman–Crippen MR) is 111 cm³/mol. The number of benzene rings is 2. The van der Waals surface area contributed by atoms with E-state index < -0.39 is 10.0 Å². The normalized spacial score (nSPS) is 15.6. The summed E-state index contributed by atoms with van der Waals surface area (Å²) in [7, 11) is -3.73. The van der Waals surface area contributed by atoms with E-state index in [1.54, 1.807) is 0 Å². The largest absolute Gasteiger partial charge is 0.325 e. The first-order valence-electron chi connectivity index (χ1n) is 9.16. The van der Waals surface area contributed by atoms with Gasteiger partial charge in [-0.2, -0.15) is 5.26 Å². The molecule has 1 heterocycles. The van der Waals surface area contributed by atoms with E-state index in [0.29, 0.717) is 25.9 Å². The van der Waals surface area contributed by atoms with E-state index in [2.05, 4.69) is 10.0 Å². The maximum Gasteiger partial charge on any atom is 0.240 e. The number of nitrogens with one attached hydrogen (secondary N) is 2. The number of anilines is 1. The molecule has 7 nitrogen and oxygen atoms in total. The number of halogens is 1. The summed E-state index contributed by atoms with van der Waals surface area (Å²) in [5.41, 5.74) is 0.980. The highest BCUT2D eigenvalue weighted by molar-refractivity contribution is 7.89. The van der Waals surface area contributed by atoms with Gasteiger partial charge in [0.25, 0.3) is 0 Å². The lowest BCUT2D eigenvalue weighted by Gasteiger charge is -2.31. The quantitative estimate of drug-likeness (QED) is 0.730. The first-order valence-corrected chi connectivity index (χ1v) is 11.0. The molecule has 0 aliphatic carbocycles. The summed E-state index contributed by atoms with van der Waals surface area (Å²) in [4.78, 5) is 14.2. The van der Waals surface area contributed by atoms with Gasteiger partial charge in [0, 0.05) is 24.8 Å². The van der Waals surface area contributed by atoms with Crippen molar-refractivity contribution in [1.82, 2.24) is 9.62 Å². The third kappa shape index (κ3) is 5.78. The predicted octanol–water partition coefficient (Wildman–Crippen LogP) is 2.59. The Bertz CT molecular complexity index is 1010. The van der Waals surface area contributed by atoms with E-state index in [9.17, 15) is 13.2 Å². The van der Waals surface area contributed by atoms with Crippen LogP contribution in [-0.2, 0) is 14.8 Å². The van der Waals surface area contributed by atoms with Gasteiger partial charge in [0.1, 0.15) is 6.07 Å². The molecule has 0 bridgehead atoms. The van der Waals surface area contributed by atoms with Crippen LogP contribution in [0.5, 0.6) is 0 Å². The van der Waals surface area contributed by atoms with Gasteiger partial charge in [-0.1, -0.05) is 29.8 Å². The second-order valence-corrected chi connectivity index (χ2v) is 8.96. The minimum atomic E-state index is -3.73. The summed E-state index contributed by atoms with van der Waals surface area (Å²) in [5, 5.41) is 11.9. The third-order valence-electron chi connectivity index (χ3n) is 4.71. The van der Waals surface area contributed by atoms with E-state index in [1.807, 2.05) is 41.3 Å². The summed E-state index contributed by atoms with van der Waals surface area (Å²) in [6.07, 6.45) is 1.20. The Morgan fingerprint density at radius 2 is 1.86 bits per heavy atom. The molecule has 1 amide bonds. The first-order chi connectivity index (χ1) is 13.9. The van der Waals surface area contributed by atoms with Crippen LogP contribution in [0.15, 0.2) is 53.4 Å². The molecule has 2 N–H and O–H groups in total. The van der Waals surface area contributed by atoms with Crippen molar-refractivity contribution in [2.75, 3.05) is 25.0 Å². The number of carbonyl (C=O) groups is 1. The van der Waals surface area contributed by atoms with Gasteiger partial charge in [-0.25, -0.2) is 13.1 Å². The molecule has 0 aromatic heterocycles. The fraction of sp³-hybridized carbons (Fsp3) is 0.300. The number of rotatable bonds is 6. The number of carbonyl (C=O) groups excluding carboxylic acids is 1. The second kappa shape index (κ2) is 9.37. The Labute approximate surface area is 175 Å². The first kappa shape index (κ1) is 21.3. The molecule has 0 unspecified atom stereocenters. The lowest BCUT2D eigenvalue weighted by molar-refractivity contribution is -0.117. The Morgan fingerprint density at radius 3 is 2.48 bits per heavy atom. The molecule has 1 aliphatic rings. The molecule has 0 radical (unpaired) electrons. The molecule has 152 valence electrons. The second-order valence-electron chi connectivity index (χ2n) is 6.84. The number of nitrogens with zero attached hydrogens (tertiary/aromatic N) is 2. The molecule has 1 aliphatic heterocycles. The molecule has 1 saturated heterocycles. The number of hydrogen-bond acceptors (Lipinski definition) is 5. The minimum absolute atomic E-state index is 0.0335. The van der Waals surface area contributed by atoms with E-state index in [0.717, 1.165) is 5.69 Å². The van der Waals surface area contributed by atoms with Crippen LogP contribution >= 0.6 is 11.6 Å². The number of amides is 1. The Kier molecular flexibility index (Phi) is 6.87. The zero-order valence-electron chi connectivity index (χ0n) is 15.6. The van der Waals surface area contributed by atoms with Gasteiger partial charge in [-0.05, 0) is 43.2 Å². The molecule has 29 heavy (non-hydrogen) atoms. The fourth-order valence-corrected chi connectivity index (χ4v) is 4.79. The highest BCUT2D eigenvalue weighted by Crippen LogP contribution is 2.21.